The van der Waals surface area contributed by atoms with Crippen LogP contribution in [0.25, 0.3) is 0 Å². The zero-order valence-corrected chi connectivity index (χ0v) is 10.0. The van der Waals surface area contributed by atoms with E-state index in [-0.39, 0.29) is 22.4 Å². The van der Waals surface area contributed by atoms with Crippen LogP contribution in [0, 0.1) is 17.0 Å². The number of aryl methyl sites for hydroxylation is 1. The van der Waals surface area contributed by atoms with Crippen LogP contribution in [0.3, 0.4) is 0 Å². The van der Waals surface area contributed by atoms with E-state index in [4.69, 9.17) is 0 Å². The van der Waals surface area contributed by atoms with Gasteiger partial charge in [0.25, 0.3) is 0 Å². The van der Waals surface area contributed by atoms with Crippen molar-refractivity contribution in [2.75, 3.05) is 12.3 Å². The average Bonchev–Trinajstić information content (AvgIpc) is 2.65. The van der Waals surface area contributed by atoms with Crippen LogP contribution in [0.4, 0.5) is 5.69 Å². The van der Waals surface area contributed by atoms with Gasteiger partial charge in [-0.1, -0.05) is 17.8 Å². The van der Waals surface area contributed by atoms with Gasteiger partial charge in [0, 0.05) is 6.54 Å². The van der Waals surface area contributed by atoms with Crippen LogP contribution < -0.4 is 5.32 Å². The van der Waals surface area contributed by atoms with E-state index < -0.39 is 4.92 Å². The van der Waals surface area contributed by atoms with E-state index in [1.54, 1.807) is 13.0 Å². The maximum Gasteiger partial charge on any atom is 0.323 e. The summed E-state index contributed by atoms with van der Waals surface area (Å²) in [6.07, 6.45) is 1.56. The van der Waals surface area contributed by atoms with E-state index in [2.05, 4.69) is 22.1 Å². The predicted molar refractivity (Wildman–Crippen MR) is 63.9 cm³/mol. The minimum atomic E-state index is -0.511. The second kappa shape index (κ2) is 6.04. The Labute approximate surface area is 102 Å². The summed E-state index contributed by atoms with van der Waals surface area (Å²) < 4.78 is 0. The van der Waals surface area contributed by atoms with Crippen molar-refractivity contribution in [1.82, 2.24) is 15.5 Å². The van der Waals surface area contributed by atoms with Gasteiger partial charge in [0.1, 0.15) is 5.69 Å². The molecule has 1 aromatic rings. The lowest BCUT2D eigenvalue weighted by molar-refractivity contribution is -0.388. The first-order valence-electron chi connectivity index (χ1n) is 4.76. The van der Waals surface area contributed by atoms with Gasteiger partial charge in [-0.25, -0.2) is 0 Å². The number of carbonyl (C=O) groups excluding carboxylic acids is 1. The Morgan fingerprint density at radius 3 is 3.06 bits per heavy atom. The van der Waals surface area contributed by atoms with Crippen molar-refractivity contribution < 1.29 is 9.72 Å². The van der Waals surface area contributed by atoms with Crippen LogP contribution in [0.5, 0.6) is 0 Å². The molecule has 0 fully saturated rings. The van der Waals surface area contributed by atoms with Crippen LogP contribution in [-0.2, 0) is 4.79 Å². The molecule has 0 saturated heterocycles. The van der Waals surface area contributed by atoms with E-state index in [1.165, 1.54) is 0 Å². The quantitative estimate of drug-likeness (QED) is 0.342. The highest BCUT2D eigenvalue weighted by atomic mass is 32.2. The Bertz CT molecular complexity index is 443. The lowest BCUT2D eigenvalue weighted by Gasteiger charge is -1.99. The molecule has 1 heterocycles. The fraction of sp³-hybridized carbons (Fsp3) is 0.333. The number of aromatic amines is 1. The minimum Gasteiger partial charge on any atom is -0.352 e. The standard InChI is InChI=1S/C9H12N4O3S/c1-3-4-10-7(14)5-17-9-8(13(15)16)6(2)11-12-9/h3H,1,4-5H2,2H3,(H,10,14)(H,11,12). The number of rotatable bonds is 6. The van der Waals surface area contributed by atoms with Gasteiger partial charge in [-0.15, -0.1) is 6.58 Å². The Hall–Kier alpha value is -1.83. The first-order valence-corrected chi connectivity index (χ1v) is 5.74. The summed E-state index contributed by atoms with van der Waals surface area (Å²) in [5, 5.41) is 19.8. The topological polar surface area (TPSA) is 101 Å². The van der Waals surface area contributed by atoms with Gasteiger partial charge in [-0.05, 0) is 6.92 Å². The molecule has 0 aliphatic heterocycles. The third kappa shape index (κ3) is 3.59. The number of aromatic nitrogens is 2. The second-order valence-electron chi connectivity index (χ2n) is 3.14. The average molecular weight is 256 g/mol. The summed E-state index contributed by atoms with van der Waals surface area (Å²) in [5.74, 6) is -0.135. The molecule has 0 bridgehead atoms. The number of hydrogen-bond donors (Lipinski definition) is 2. The largest absolute Gasteiger partial charge is 0.352 e. The van der Waals surface area contributed by atoms with Gasteiger partial charge in [0.15, 0.2) is 5.03 Å². The molecule has 7 nitrogen and oxygen atoms in total. The summed E-state index contributed by atoms with van der Waals surface area (Å²) in [5.41, 5.74) is 0.301. The molecule has 1 aromatic heterocycles. The zero-order valence-electron chi connectivity index (χ0n) is 9.23. The summed E-state index contributed by atoms with van der Waals surface area (Å²) >= 11 is 1.02. The zero-order chi connectivity index (χ0) is 12.8. The number of nitrogens with one attached hydrogen (secondary N) is 2. The van der Waals surface area contributed by atoms with Crippen LogP contribution in [0.2, 0.25) is 0 Å². The first kappa shape index (κ1) is 13.2. The molecule has 0 radical (unpaired) electrons. The molecule has 92 valence electrons. The number of nitrogens with zero attached hydrogens (tertiary/aromatic N) is 2. The smallest absolute Gasteiger partial charge is 0.323 e. The third-order valence-corrected chi connectivity index (χ3v) is 2.81. The third-order valence-electron chi connectivity index (χ3n) is 1.85. The number of carbonyl (C=O) groups is 1. The monoisotopic (exact) mass is 256 g/mol. The maximum atomic E-state index is 11.3. The number of nitro groups is 1. The van der Waals surface area contributed by atoms with Crippen LogP contribution >= 0.6 is 11.8 Å². The molecular formula is C9H12N4O3S. The molecule has 17 heavy (non-hydrogen) atoms. The fourth-order valence-electron chi connectivity index (χ4n) is 1.09. The van der Waals surface area contributed by atoms with Crippen molar-refractivity contribution in [2.24, 2.45) is 0 Å². The molecule has 8 heteroatoms. The van der Waals surface area contributed by atoms with Gasteiger partial charge in [0.2, 0.25) is 5.91 Å². The van der Waals surface area contributed by atoms with Crippen molar-refractivity contribution in [1.29, 1.82) is 0 Å². The number of H-pyrrole nitrogens is 1. The molecule has 0 aromatic carbocycles. The Morgan fingerprint density at radius 1 is 1.76 bits per heavy atom. The summed E-state index contributed by atoms with van der Waals surface area (Å²) in [6, 6.07) is 0. The molecule has 0 spiro atoms. The summed E-state index contributed by atoms with van der Waals surface area (Å²) in [4.78, 5) is 21.5. The normalized spacial score (nSPS) is 9.94. The molecule has 1 rings (SSSR count). The number of amides is 1. The van der Waals surface area contributed by atoms with Crippen molar-refractivity contribution in [2.45, 2.75) is 11.9 Å². The molecular weight excluding hydrogens is 244 g/mol. The summed E-state index contributed by atoms with van der Waals surface area (Å²) in [6.45, 7) is 5.40. The first-order chi connectivity index (χ1) is 8.06. The molecule has 0 unspecified atom stereocenters. The lowest BCUT2D eigenvalue weighted by atomic mass is 10.4. The van der Waals surface area contributed by atoms with Gasteiger partial charge in [-0.3, -0.25) is 20.0 Å². The fourth-order valence-corrected chi connectivity index (χ4v) is 1.93. The number of thioether (sulfide) groups is 1. The minimum absolute atomic E-state index is 0.0773. The van der Waals surface area contributed by atoms with Crippen molar-refractivity contribution in [3.05, 3.63) is 28.5 Å². The van der Waals surface area contributed by atoms with Crippen LogP contribution in [-0.4, -0.2) is 33.3 Å². The van der Waals surface area contributed by atoms with Crippen molar-refractivity contribution in [3.8, 4) is 0 Å². The van der Waals surface area contributed by atoms with E-state index in [0.29, 0.717) is 12.2 Å². The molecule has 0 aliphatic rings. The van der Waals surface area contributed by atoms with Gasteiger partial charge in [-0.2, -0.15) is 5.10 Å². The van der Waals surface area contributed by atoms with Crippen molar-refractivity contribution in [3.63, 3.8) is 0 Å². The lowest BCUT2D eigenvalue weighted by Crippen LogP contribution is -2.24. The van der Waals surface area contributed by atoms with Gasteiger partial charge >= 0.3 is 5.69 Å². The molecule has 0 saturated carbocycles. The van der Waals surface area contributed by atoms with Crippen LogP contribution in [0.1, 0.15) is 5.69 Å². The molecule has 2 N–H and O–H groups in total. The SMILES string of the molecule is C=CCNC(=O)CSc1n[nH]c(C)c1[N+](=O)[O-]. The Kier molecular flexibility index (Phi) is 4.70. The molecule has 1 amide bonds. The highest BCUT2D eigenvalue weighted by Crippen LogP contribution is 2.29. The Morgan fingerprint density at radius 2 is 2.47 bits per heavy atom. The molecule has 0 aliphatic carbocycles. The second-order valence-corrected chi connectivity index (χ2v) is 4.10. The van der Waals surface area contributed by atoms with E-state index in [1.807, 2.05) is 0 Å². The van der Waals surface area contributed by atoms with E-state index in [0.717, 1.165) is 11.8 Å². The van der Waals surface area contributed by atoms with Gasteiger partial charge < -0.3 is 5.32 Å². The highest BCUT2D eigenvalue weighted by Gasteiger charge is 2.22. The maximum absolute atomic E-state index is 11.3. The highest BCUT2D eigenvalue weighted by molar-refractivity contribution is 8.00. The van der Waals surface area contributed by atoms with E-state index in [9.17, 15) is 14.9 Å². The van der Waals surface area contributed by atoms with E-state index >= 15 is 0 Å². The number of hydrogen-bond acceptors (Lipinski definition) is 5. The van der Waals surface area contributed by atoms with Crippen LogP contribution in [0.15, 0.2) is 17.7 Å². The van der Waals surface area contributed by atoms with Gasteiger partial charge in [0.05, 0.1) is 10.7 Å². The Balaban J connectivity index is 2.60. The predicted octanol–water partition coefficient (Wildman–Crippen LogP) is 1.02. The molecule has 0 atom stereocenters. The van der Waals surface area contributed by atoms with Crippen molar-refractivity contribution >= 4 is 23.4 Å². The summed E-state index contributed by atoms with van der Waals surface area (Å²) in [7, 11) is 0.